The molecule has 0 saturated carbocycles. The van der Waals surface area contributed by atoms with Gasteiger partial charge in [-0.25, -0.2) is 4.98 Å². The summed E-state index contributed by atoms with van der Waals surface area (Å²) in [5.41, 5.74) is 7.32. The molecule has 0 aliphatic heterocycles. The Morgan fingerprint density at radius 2 is 2.21 bits per heavy atom. The second-order valence-corrected chi connectivity index (χ2v) is 3.09. The number of aromatic nitrogens is 4. The number of hydrogen-bond acceptors (Lipinski definition) is 4. The highest BCUT2D eigenvalue weighted by Crippen LogP contribution is 2.23. The molecule has 5 heteroatoms. The number of H-pyrrole nitrogens is 1. The minimum Gasteiger partial charge on any atom is -0.384 e. The molecule has 0 amide bonds. The predicted octanol–water partition coefficient (Wildman–Crippen LogP) is 1.09. The zero-order valence-electron chi connectivity index (χ0n) is 7.23. The number of nitrogens with two attached hydrogens (primary N) is 1. The molecule has 0 radical (unpaired) electrons. The molecule has 0 atom stereocenters. The van der Waals surface area contributed by atoms with Gasteiger partial charge >= 0.3 is 0 Å². The predicted molar refractivity (Wildman–Crippen MR) is 53.6 cm³/mol. The Morgan fingerprint density at radius 3 is 3.14 bits per heavy atom. The molecule has 0 spiro atoms. The summed E-state index contributed by atoms with van der Waals surface area (Å²) in [5, 5.41) is 12.4. The topological polar surface area (TPSA) is 80.5 Å². The quantitative estimate of drug-likeness (QED) is 0.549. The number of nitrogens with one attached hydrogen (secondary N) is 1. The van der Waals surface area contributed by atoms with Crippen LogP contribution in [0.15, 0.2) is 24.4 Å². The van der Waals surface area contributed by atoms with Gasteiger partial charge in [-0.15, -0.1) is 0 Å². The van der Waals surface area contributed by atoms with E-state index in [2.05, 4.69) is 20.4 Å². The Kier molecular flexibility index (Phi) is 1.25. The molecule has 0 unspecified atom stereocenters. The molecule has 0 aliphatic carbocycles. The number of benzene rings is 1. The highest BCUT2D eigenvalue weighted by Gasteiger charge is 2.04. The zero-order chi connectivity index (χ0) is 9.54. The lowest BCUT2D eigenvalue weighted by Gasteiger charge is -1.95. The fourth-order valence-corrected chi connectivity index (χ4v) is 1.58. The number of fused-ring (bicyclic) bond motifs is 3. The standard InChI is InChI=1S/C9H7N5/c10-8-3-5-1-2-7-6(9(5)12-8)4-11-14-13-7/h1-4,14H,(H2,10,12). The van der Waals surface area contributed by atoms with Crippen LogP contribution in [0.2, 0.25) is 0 Å². The van der Waals surface area contributed by atoms with Gasteiger partial charge in [0.05, 0.1) is 17.2 Å². The minimum absolute atomic E-state index is 0.528. The van der Waals surface area contributed by atoms with E-state index in [0.717, 1.165) is 21.8 Å². The fraction of sp³-hybridized carbons (Fsp3) is 0. The Balaban J connectivity index is 2.60. The summed E-state index contributed by atoms with van der Waals surface area (Å²) in [5.74, 6) is 0.528. The molecule has 3 aromatic rings. The number of anilines is 1. The lowest BCUT2D eigenvalue weighted by molar-refractivity contribution is 0.896. The van der Waals surface area contributed by atoms with Crippen molar-refractivity contribution in [3.05, 3.63) is 24.4 Å². The fourth-order valence-electron chi connectivity index (χ4n) is 1.58. The summed E-state index contributed by atoms with van der Waals surface area (Å²) in [6.45, 7) is 0. The average Bonchev–Trinajstić information content (AvgIpc) is 2.59. The molecule has 0 aliphatic rings. The normalized spacial score (nSPS) is 11.1. The molecule has 3 rings (SSSR count). The third kappa shape index (κ3) is 0.861. The van der Waals surface area contributed by atoms with Crippen LogP contribution in [0.3, 0.4) is 0 Å². The first-order valence-electron chi connectivity index (χ1n) is 4.19. The summed E-state index contributed by atoms with van der Waals surface area (Å²) < 4.78 is 0. The van der Waals surface area contributed by atoms with Crippen LogP contribution in [0.5, 0.6) is 0 Å². The van der Waals surface area contributed by atoms with Crippen LogP contribution in [-0.4, -0.2) is 20.4 Å². The van der Waals surface area contributed by atoms with Gasteiger partial charge in [0.1, 0.15) is 5.82 Å². The van der Waals surface area contributed by atoms with Gasteiger partial charge in [-0.3, -0.25) is 0 Å². The number of nitrogen functional groups attached to an aromatic ring is 1. The van der Waals surface area contributed by atoms with E-state index in [-0.39, 0.29) is 0 Å². The van der Waals surface area contributed by atoms with E-state index < -0.39 is 0 Å². The van der Waals surface area contributed by atoms with Gasteiger partial charge in [-0.1, -0.05) is 6.07 Å². The van der Waals surface area contributed by atoms with Gasteiger partial charge in [0, 0.05) is 10.8 Å². The van der Waals surface area contributed by atoms with Gasteiger partial charge < -0.3 is 5.73 Å². The van der Waals surface area contributed by atoms with E-state index in [1.165, 1.54) is 0 Å². The number of rotatable bonds is 0. The van der Waals surface area contributed by atoms with Gasteiger partial charge in [-0.05, 0) is 12.1 Å². The van der Waals surface area contributed by atoms with Crippen LogP contribution in [0.1, 0.15) is 0 Å². The number of nitrogens with zero attached hydrogens (tertiary/aromatic N) is 3. The summed E-state index contributed by atoms with van der Waals surface area (Å²) in [6, 6.07) is 5.70. The maximum atomic E-state index is 5.62. The molecule has 0 bridgehead atoms. The van der Waals surface area contributed by atoms with E-state index in [0.29, 0.717) is 5.82 Å². The molecular formula is C9H7N5. The third-order valence-corrected chi connectivity index (χ3v) is 2.19. The second kappa shape index (κ2) is 2.41. The van der Waals surface area contributed by atoms with Crippen molar-refractivity contribution in [1.82, 2.24) is 20.4 Å². The van der Waals surface area contributed by atoms with E-state index in [4.69, 9.17) is 5.73 Å². The molecule has 5 nitrogen and oxygen atoms in total. The summed E-state index contributed by atoms with van der Waals surface area (Å²) in [6.07, 6.45) is 1.71. The molecule has 3 N–H and O–H groups in total. The van der Waals surface area contributed by atoms with Crippen molar-refractivity contribution in [2.24, 2.45) is 0 Å². The van der Waals surface area contributed by atoms with E-state index in [9.17, 15) is 0 Å². The van der Waals surface area contributed by atoms with Crippen LogP contribution in [-0.2, 0) is 0 Å². The molecule has 0 fully saturated rings. The van der Waals surface area contributed by atoms with Crippen LogP contribution in [0, 0.1) is 0 Å². The lowest BCUT2D eigenvalue weighted by Crippen LogP contribution is -1.87. The maximum Gasteiger partial charge on any atom is 0.124 e. The highest BCUT2D eigenvalue weighted by atomic mass is 15.3. The maximum absolute atomic E-state index is 5.62. The molecule has 68 valence electrons. The Hall–Kier alpha value is -2.17. The Labute approximate surface area is 78.9 Å². The van der Waals surface area contributed by atoms with Crippen LogP contribution in [0.25, 0.3) is 21.8 Å². The first kappa shape index (κ1) is 7.25. The van der Waals surface area contributed by atoms with Crippen LogP contribution in [0.4, 0.5) is 5.82 Å². The third-order valence-electron chi connectivity index (χ3n) is 2.19. The summed E-state index contributed by atoms with van der Waals surface area (Å²) >= 11 is 0. The van der Waals surface area contributed by atoms with Crippen molar-refractivity contribution in [2.75, 3.05) is 5.73 Å². The molecule has 2 heterocycles. The van der Waals surface area contributed by atoms with Crippen molar-refractivity contribution in [2.45, 2.75) is 0 Å². The number of aromatic amines is 1. The van der Waals surface area contributed by atoms with Crippen LogP contribution >= 0.6 is 0 Å². The van der Waals surface area contributed by atoms with Crippen molar-refractivity contribution < 1.29 is 0 Å². The van der Waals surface area contributed by atoms with Crippen LogP contribution < -0.4 is 5.73 Å². The Bertz CT molecular complexity index is 613. The summed E-state index contributed by atoms with van der Waals surface area (Å²) in [7, 11) is 0. The Morgan fingerprint density at radius 1 is 1.29 bits per heavy atom. The van der Waals surface area contributed by atoms with Gasteiger partial charge in [0.15, 0.2) is 0 Å². The first-order valence-corrected chi connectivity index (χ1v) is 4.19. The molecule has 1 aromatic carbocycles. The largest absolute Gasteiger partial charge is 0.384 e. The molecule has 0 saturated heterocycles. The molecule has 2 aromatic heterocycles. The van der Waals surface area contributed by atoms with E-state index in [1.54, 1.807) is 6.20 Å². The van der Waals surface area contributed by atoms with Gasteiger partial charge in [-0.2, -0.15) is 15.4 Å². The average molecular weight is 185 g/mol. The zero-order valence-corrected chi connectivity index (χ0v) is 7.23. The second-order valence-electron chi connectivity index (χ2n) is 3.09. The summed E-state index contributed by atoms with van der Waals surface area (Å²) in [4.78, 5) is 4.23. The number of hydrogen-bond donors (Lipinski definition) is 2. The van der Waals surface area contributed by atoms with E-state index >= 15 is 0 Å². The smallest absolute Gasteiger partial charge is 0.124 e. The van der Waals surface area contributed by atoms with E-state index in [1.807, 2.05) is 18.2 Å². The lowest BCUT2D eigenvalue weighted by atomic mass is 10.2. The van der Waals surface area contributed by atoms with Crippen molar-refractivity contribution in [1.29, 1.82) is 0 Å². The molecule has 14 heavy (non-hydrogen) atoms. The van der Waals surface area contributed by atoms with Crippen molar-refractivity contribution >= 4 is 27.6 Å². The first-order chi connectivity index (χ1) is 6.84. The minimum atomic E-state index is 0.528. The van der Waals surface area contributed by atoms with Crippen molar-refractivity contribution in [3.63, 3.8) is 0 Å². The molecular weight excluding hydrogens is 178 g/mol. The SMILES string of the molecule is Nc1cc2ccc3n[nH]ncc3c2n1. The monoisotopic (exact) mass is 185 g/mol. The highest BCUT2D eigenvalue weighted by molar-refractivity contribution is 6.04. The van der Waals surface area contributed by atoms with Gasteiger partial charge in [0.25, 0.3) is 0 Å². The van der Waals surface area contributed by atoms with Gasteiger partial charge in [0.2, 0.25) is 0 Å². The van der Waals surface area contributed by atoms with Crippen molar-refractivity contribution in [3.8, 4) is 0 Å².